The van der Waals surface area contributed by atoms with Crippen molar-refractivity contribution in [1.82, 2.24) is 9.97 Å². The first-order valence-electron chi connectivity index (χ1n) is 4.79. The van der Waals surface area contributed by atoms with E-state index in [-0.39, 0.29) is 5.69 Å². The summed E-state index contributed by atoms with van der Waals surface area (Å²) in [6.07, 6.45) is 0. The molecule has 0 N–H and O–H groups in total. The first-order chi connectivity index (χ1) is 7.75. The normalized spacial score (nSPS) is 11.0. The number of rotatable bonds is 1. The standard InChI is InChI=1S/C12H6N2O2/c15-11-10-9(14-12(11)16)6-8(13-10)7-4-2-1-3-5-7/h1-6H. The van der Waals surface area contributed by atoms with Crippen LogP contribution < -0.4 is 11.0 Å². The molecule has 0 bridgehead atoms. The van der Waals surface area contributed by atoms with Gasteiger partial charge in [0.2, 0.25) is 0 Å². The van der Waals surface area contributed by atoms with Gasteiger partial charge in [-0.15, -0.1) is 0 Å². The van der Waals surface area contributed by atoms with E-state index in [4.69, 9.17) is 0 Å². The second-order valence-corrected chi connectivity index (χ2v) is 3.49. The van der Waals surface area contributed by atoms with Gasteiger partial charge in [-0.25, -0.2) is 9.97 Å². The van der Waals surface area contributed by atoms with Gasteiger partial charge in [0.1, 0.15) is 5.69 Å². The van der Waals surface area contributed by atoms with E-state index in [1.807, 2.05) is 30.3 Å². The maximum Gasteiger partial charge on any atom is 0.320 e. The van der Waals surface area contributed by atoms with Gasteiger partial charge >= 0.3 is 5.56 Å². The summed E-state index contributed by atoms with van der Waals surface area (Å²) in [6, 6.07) is 11.1. The molecule has 4 nitrogen and oxygen atoms in total. The highest BCUT2D eigenvalue weighted by molar-refractivity contribution is 5.71. The number of nitrogens with zero attached hydrogens (tertiary/aromatic N) is 2. The topological polar surface area (TPSA) is 59.9 Å². The van der Waals surface area contributed by atoms with E-state index in [1.165, 1.54) is 0 Å². The van der Waals surface area contributed by atoms with Gasteiger partial charge in [0, 0.05) is 5.56 Å². The first kappa shape index (κ1) is 8.91. The molecule has 1 aromatic carbocycles. The van der Waals surface area contributed by atoms with Crippen molar-refractivity contribution in [1.29, 1.82) is 0 Å². The zero-order chi connectivity index (χ0) is 11.1. The fraction of sp³-hybridized carbons (Fsp3) is 0. The van der Waals surface area contributed by atoms with Crippen LogP contribution in [0.3, 0.4) is 0 Å². The minimum atomic E-state index is -0.725. The van der Waals surface area contributed by atoms with Crippen molar-refractivity contribution in [3.8, 4) is 22.6 Å². The minimum absolute atomic E-state index is 0.170. The van der Waals surface area contributed by atoms with Crippen LogP contribution in [-0.4, -0.2) is 9.97 Å². The van der Waals surface area contributed by atoms with E-state index in [2.05, 4.69) is 9.97 Å². The quantitative estimate of drug-likeness (QED) is 0.558. The molecule has 76 valence electrons. The summed E-state index contributed by atoms with van der Waals surface area (Å²) >= 11 is 0. The molecule has 0 radical (unpaired) electrons. The molecule has 0 amide bonds. The molecule has 0 unspecified atom stereocenters. The number of aromatic nitrogens is 2. The highest BCUT2D eigenvalue weighted by atomic mass is 16.2. The predicted octanol–water partition coefficient (Wildman–Crippen LogP) is 0.844. The van der Waals surface area contributed by atoms with Gasteiger partial charge in [-0.05, 0) is 6.07 Å². The van der Waals surface area contributed by atoms with Gasteiger partial charge in [0.25, 0.3) is 5.43 Å². The van der Waals surface area contributed by atoms with Crippen molar-refractivity contribution in [3.63, 3.8) is 0 Å². The van der Waals surface area contributed by atoms with E-state index in [0.29, 0.717) is 11.4 Å². The largest absolute Gasteiger partial charge is 0.320 e. The van der Waals surface area contributed by atoms with E-state index in [0.717, 1.165) is 5.56 Å². The maximum atomic E-state index is 11.3. The van der Waals surface area contributed by atoms with E-state index < -0.39 is 11.0 Å². The molecule has 16 heavy (non-hydrogen) atoms. The molecule has 0 fully saturated rings. The second-order valence-electron chi connectivity index (χ2n) is 3.49. The Bertz CT molecular complexity index is 697. The van der Waals surface area contributed by atoms with Crippen molar-refractivity contribution in [3.05, 3.63) is 57.0 Å². The average Bonchev–Trinajstić information content (AvgIpc) is 2.82. The number of fused-ring (bicyclic) bond motifs is 1. The SMILES string of the molecule is O=c1nc2cc(-c3ccccc3)nc-2c1=O. The van der Waals surface area contributed by atoms with Crippen LogP contribution in [0.1, 0.15) is 0 Å². The zero-order valence-electron chi connectivity index (χ0n) is 8.18. The van der Waals surface area contributed by atoms with Gasteiger partial charge in [-0.1, -0.05) is 30.3 Å². The minimum Gasteiger partial charge on any atom is -0.281 e. The van der Waals surface area contributed by atoms with E-state index in [9.17, 15) is 9.59 Å². The highest BCUT2D eigenvalue weighted by Crippen LogP contribution is 2.23. The van der Waals surface area contributed by atoms with Crippen molar-refractivity contribution >= 4 is 0 Å². The van der Waals surface area contributed by atoms with Crippen molar-refractivity contribution in [2.75, 3.05) is 0 Å². The number of benzene rings is 1. The fourth-order valence-electron chi connectivity index (χ4n) is 1.68. The highest BCUT2D eigenvalue weighted by Gasteiger charge is 2.19. The van der Waals surface area contributed by atoms with Crippen LogP contribution in [0.25, 0.3) is 22.6 Å². The fourth-order valence-corrected chi connectivity index (χ4v) is 1.68. The molecular formula is C12H6N2O2. The van der Waals surface area contributed by atoms with Gasteiger partial charge in [0.05, 0.1) is 11.4 Å². The monoisotopic (exact) mass is 210 g/mol. The Hall–Kier alpha value is -2.36. The third-order valence-electron chi connectivity index (χ3n) is 2.45. The van der Waals surface area contributed by atoms with Gasteiger partial charge in [0.15, 0.2) is 0 Å². The molecule has 0 spiro atoms. The Kier molecular flexibility index (Phi) is 1.71. The molecule has 1 aromatic rings. The van der Waals surface area contributed by atoms with E-state index in [1.54, 1.807) is 6.07 Å². The van der Waals surface area contributed by atoms with Crippen LogP contribution in [0.15, 0.2) is 46.0 Å². The summed E-state index contributed by atoms with van der Waals surface area (Å²) < 4.78 is 0. The number of hydrogen-bond acceptors (Lipinski definition) is 4. The summed E-state index contributed by atoms with van der Waals surface area (Å²) in [4.78, 5) is 30.1. The maximum absolute atomic E-state index is 11.3. The lowest BCUT2D eigenvalue weighted by molar-refractivity contribution is 1.30. The summed E-state index contributed by atoms with van der Waals surface area (Å²) in [7, 11) is 0. The van der Waals surface area contributed by atoms with Crippen LogP contribution in [0.5, 0.6) is 0 Å². The van der Waals surface area contributed by atoms with Crippen LogP contribution >= 0.6 is 0 Å². The lowest BCUT2D eigenvalue weighted by atomic mass is 10.2. The molecule has 2 aliphatic heterocycles. The van der Waals surface area contributed by atoms with Crippen molar-refractivity contribution in [2.45, 2.75) is 0 Å². The number of hydrogen-bond donors (Lipinski definition) is 0. The third-order valence-corrected chi connectivity index (χ3v) is 2.45. The lowest BCUT2D eigenvalue weighted by Gasteiger charge is -1.92. The summed E-state index contributed by atoms with van der Waals surface area (Å²) in [6.45, 7) is 0. The molecule has 2 aliphatic rings. The van der Waals surface area contributed by atoms with Gasteiger partial charge in [-0.2, -0.15) is 0 Å². The Balaban J connectivity index is 2.25. The smallest absolute Gasteiger partial charge is 0.281 e. The molecule has 0 saturated heterocycles. The van der Waals surface area contributed by atoms with Gasteiger partial charge < -0.3 is 0 Å². The van der Waals surface area contributed by atoms with Crippen LogP contribution in [-0.2, 0) is 0 Å². The van der Waals surface area contributed by atoms with E-state index >= 15 is 0 Å². The third kappa shape index (κ3) is 1.16. The zero-order valence-corrected chi connectivity index (χ0v) is 8.18. The Morgan fingerprint density at radius 1 is 0.875 bits per heavy atom. The van der Waals surface area contributed by atoms with Crippen LogP contribution in [0.2, 0.25) is 0 Å². The van der Waals surface area contributed by atoms with Gasteiger partial charge in [-0.3, -0.25) is 9.59 Å². The molecule has 3 rings (SSSR count). The van der Waals surface area contributed by atoms with Crippen molar-refractivity contribution < 1.29 is 0 Å². The predicted molar refractivity (Wildman–Crippen MR) is 59.0 cm³/mol. The van der Waals surface area contributed by atoms with Crippen LogP contribution in [0.4, 0.5) is 0 Å². The molecule has 0 aliphatic carbocycles. The van der Waals surface area contributed by atoms with Crippen molar-refractivity contribution in [2.24, 2.45) is 0 Å². The summed E-state index contributed by atoms with van der Waals surface area (Å²) in [5.74, 6) is 0. The molecule has 0 atom stereocenters. The molecule has 2 heterocycles. The summed E-state index contributed by atoms with van der Waals surface area (Å²) in [5, 5.41) is 0. The average molecular weight is 210 g/mol. The molecule has 0 saturated carbocycles. The molecular weight excluding hydrogens is 204 g/mol. The van der Waals surface area contributed by atoms with Crippen LogP contribution in [0, 0.1) is 0 Å². The molecule has 4 heteroatoms. The Morgan fingerprint density at radius 3 is 2.31 bits per heavy atom. The Labute approximate surface area is 90.3 Å². The Morgan fingerprint density at radius 2 is 1.62 bits per heavy atom. The first-order valence-corrected chi connectivity index (χ1v) is 4.79. The summed E-state index contributed by atoms with van der Waals surface area (Å²) in [5.41, 5.74) is 0.801. The molecule has 0 aromatic heterocycles. The lowest BCUT2D eigenvalue weighted by Crippen LogP contribution is -2.19. The second kappa shape index (κ2) is 3.06.